The van der Waals surface area contributed by atoms with Crippen LogP contribution in [-0.4, -0.2) is 29.9 Å². The second-order valence-electron chi connectivity index (χ2n) is 5.65. The number of aromatic carboxylic acids is 1. The number of hydrogen-bond acceptors (Lipinski definition) is 4. The number of hydrogen-bond donors (Lipinski definition) is 1. The zero-order valence-electron chi connectivity index (χ0n) is 13.4. The lowest BCUT2D eigenvalue weighted by Crippen LogP contribution is -2.24. The van der Waals surface area contributed by atoms with Crippen LogP contribution in [0.15, 0.2) is 23.1 Å². The molecule has 7 heteroatoms. The van der Waals surface area contributed by atoms with Crippen LogP contribution in [-0.2, 0) is 6.42 Å². The number of carboxylic acid groups (broad SMARTS) is 1. The molecule has 1 aromatic carbocycles. The van der Waals surface area contributed by atoms with Crippen LogP contribution in [0.3, 0.4) is 0 Å². The van der Waals surface area contributed by atoms with Gasteiger partial charge in [-0.3, -0.25) is 4.79 Å². The van der Waals surface area contributed by atoms with Crippen LogP contribution in [0.1, 0.15) is 28.9 Å². The molecule has 1 aliphatic rings. The SMILES string of the molecule is COc1cc2c(c(Cl)c1OC)CC(C)n1cc(C(=O)O)c(=O)cc1-2. The van der Waals surface area contributed by atoms with Gasteiger partial charge in [-0.2, -0.15) is 0 Å². The van der Waals surface area contributed by atoms with E-state index in [1.807, 2.05) is 6.92 Å². The van der Waals surface area contributed by atoms with Crippen LogP contribution >= 0.6 is 11.6 Å². The van der Waals surface area contributed by atoms with E-state index in [1.165, 1.54) is 26.5 Å². The summed E-state index contributed by atoms with van der Waals surface area (Å²) < 4.78 is 12.4. The molecule has 1 aromatic heterocycles. The van der Waals surface area contributed by atoms with E-state index >= 15 is 0 Å². The Bertz CT molecular complexity index is 903. The summed E-state index contributed by atoms with van der Waals surface area (Å²) in [6.45, 7) is 1.94. The number of halogens is 1. The van der Waals surface area contributed by atoms with Gasteiger partial charge >= 0.3 is 5.97 Å². The highest BCUT2D eigenvalue weighted by atomic mass is 35.5. The predicted molar refractivity (Wildman–Crippen MR) is 89.6 cm³/mol. The van der Waals surface area contributed by atoms with Crippen molar-refractivity contribution in [2.45, 2.75) is 19.4 Å². The lowest BCUT2D eigenvalue weighted by molar-refractivity contribution is 0.0694. The Labute approximate surface area is 143 Å². The number of carboxylic acids is 1. The van der Waals surface area contributed by atoms with Crippen LogP contribution in [0.2, 0.25) is 5.02 Å². The predicted octanol–water partition coefficient (Wildman–Crippen LogP) is 3.00. The Hall–Kier alpha value is -2.47. The molecule has 0 saturated carbocycles. The first-order valence-electron chi connectivity index (χ1n) is 7.32. The van der Waals surface area contributed by atoms with Crippen molar-refractivity contribution in [1.29, 1.82) is 0 Å². The third-order valence-electron chi connectivity index (χ3n) is 4.27. The van der Waals surface area contributed by atoms with Gasteiger partial charge in [0.15, 0.2) is 16.9 Å². The van der Waals surface area contributed by atoms with Gasteiger partial charge in [0, 0.05) is 23.9 Å². The van der Waals surface area contributed by atoms with E-state index in [4.69, 9.17) is 21.1 Å². The van der Waals surface area contributed by atoms with E-state index in [1.54, 1.807) is 10.6 Å². The number of methoxy groups -OCH3 is 2. The van der Waals surface area contributed by atoms with Crippen molar-refractivity contribution in [2.24, 2.45) is 0 Å². The Morgan fingerprint density at radius 2 is 2.04 bits per heavy atom. The summed E-state index contributed by atoms with van der Waals surface area (Å²) in [5.41, 5.74) is 1.41. The molecule has 0 amide bonds. The fourth-order valence-electron chi connectivity index (χ4n) is 3.10. The summed E-state index contributed by atoms with van der Waals surface area (Å²) >= 11 is 6.48. The maximum atomic E-state index is 12.1. The summed E-state index contributed by atoms with van der Waals surface area (Å²) in [5.74, 6) is -0.334. The van der Waals surface area contributed by atoms with Crippen molar-refractivity contribution in [3.8, 4) is 22.8 Å². The summed E-state index contributed by atoms with van der Waals surface area (Å²) in [6, 6.07) is 3.04. The third kappa shape index (κ3) is 2.34. The van der Waals surface area contributed by atoms with E-state index < -0.39 is 11.4 Å². The van der Waals surface area contributed by atoms with Gasteiger partial charge in [0.25, 0.3) is 0 Å². The molecular weight excluding hydrogens is 334 g/mol. The first kappa shape index (κ1) is 16.4. The number of aromatic nitrogens is 1. The molecule has 0 saturated heterocycles. The largest absolute Gasteiger partial charge is 0.493 e. The minimum absolute atomic E-state index is 0.0539. The lowest BCUT2D eigenvalue weighted by Gasteiger charge is -2.30. The second-order valence-corrected chi connectivity index (χ2v) is 6.03. The smallest absolute Gasteiger partial charge is 0.341 e. The number of carbonyl (C=O) groups is 1. The molecule has 2 heterocycles. The Kier molecular flexibility index (Phi) is 4.01. The zero-order valence-corrected chi connectivity index (χ0v) is 14.2. The Balaban J connectivity index is 2.34. The van der Waals surface area contributed by atoms with Gasteiger partial charge in [0.05, 0.1) is 24.9 Å². The molecule has 0 fully saturated rings. The van der Waals surface area contributed by atoms with Gasteiger partial charge in [-0.1, -0.05) is 11.6 Å². The molecule has 0 aliphatic carbocycles. The van der Waals surface area contributed by atoms with Gasteiger partial charge in [0.2, 0.25) is 0 Å². The number of benzene rings is 1. The van der Waals surface area contributed by atoms with Crippen LogP contribution in [0.5, 0.6) is 11.5 Å². The average molecular weight is 350 g/mol. The Morgan fingerprint density at radius 3 is 2.62 bits per heavy atom. The normalized spacial score (nSPS) is 15.4. The van der Waals surface area contributed by atoms with Crippen molar-refractivity contribution >= 4 is 17.6 Å². The maximum absolute atomic E-state index is 12.1. The van der Waals surface area contributed by atoms with E-state index in [0.29, 0.717) is 28.6 Å². The number of rotatable bonds is 3. The molecular formula is C17H16ClNO5. The van der Waals surface area contributed by atoms with Crippen LogP contribution in [0.25, 0.3) is 11.3 Å². The standard InChI is InChI=1S/C17H16ClNO5/c1-8-4-10-9(5-14(23-2)16(24-3)15(10)18)12-6-13(20)11(17(21)22)7-19(8)12/h5-8H,4H2,1-3H3,(H,21,22). The second kappa shape index (κ2) is 5.87. The number of pyridine rings is 1. The first-order valence-corrected chi connectivity index (χ1v) is 7.70. The topological polar surface area (TPSA) is 77.8 Å². The van der Waals surface area contributed by atoms with E-state index in [9.17, 15) is 14.7 Å². The monoisotopic (exact) mass is 349 g/mol. The molecule has 0 spiro atoms. The molecule has 1 atom stereocenters. The molecule has 126 valence electrons. The molecule has 2 aromatic rings. The van der Waals surface area contributed by atoms with E-state index in [2.05, 4.69) is 0 Å². The lowest BCUT2D eigenvalue weighted by atomic mass is 9.92. The van der Waals surface area contributed by atoms with Crippen LogP contribution in [0.4, 0.5) is 0 Å². The van der Waals surface area contributed by atoms with Crippen molar-refractivity contribution in [3.63, 3.8) is 0 Å². The van der Waals surface area contributed by atoms with Gasteiger partial charge in [-0.25, -0.2) is 4.79 Å². The van der Waals surface area contributed by atoms with Gasteiger partial charge in [0.1, 0.15) is 5.56 Å². The number of ether oxygens (including phenoxy) is 2. The fraction of sp³-hybridized carbons (Fsp3) is 0.294. The average Bonchev–Trinajstić information content (AvgIpc) is 2.54. The minimum atomic E-state index is -1.24. The fourth-order valence-corrected chi connectivity index (χ4v) is 3.45. The quantitative estimate of drug-likeness (QED) is 0.921. The minimum Gasteiger partial charge on any atom is -0.493 e. The molecule has 0 bridgehead atoms. The molecule has 1 N–H and O–H groups in total. The number of fused-ring (bicyclic) bond motifs is 3. The van der Waals surface area contributed by atoms with Crippen LogP contribution in [0, 0.1) is 0 Å². The molecule has 1 unspecified atom stereocenters. The van der Waals surface area contributed by atoms with Crippen molar-refractivity contribution in [3.05, 3.63) is 44.7 Å². The van der Waals surface area contributed by atoms with Crippen molar-refractivity contribution in [1.82, 2.24) is 4.57 Å². The summed E-state index contributed by atoms with van der Waals surface area (Å²) in [5, 5.41) is 9.62. The molecule has 1 aliphatic heterocycles. The first-order chi connectivity index (χ1) is 11.4. The molecule has 6 nitrogen and oxygen atoms in total. The molecule has 3 rings (SSSR count). The van der Waals surface area contributed by atoms with Gasteiger partial charge in [-0.05, 0) is 25.0 Å². The third-order valence-corrected chi connectivity index (χ3v) is 4.67. The van der Waals surface area contributed by atoms with Gasteiger partial charge in [-0.15, -0.1) is 0 Å². The molecule has 0 radical (unpaired) electrons. The van der Waals surface area contributed by atoms with Gasteiger partial charge < -0.3 is 19.1 Å². The van der Waals surface area contributed by atoms with Crippen molar-refractivity contribution in [2.75, 3.05) is 14.2 Å². The maximum Gasteiger partial charge on any atom is 0.341 e. The number of nitrogens with zero attached hydrogens (tertiary/aromatic N) is 1. The highest BCUT2D eigenvalue weighted by Gasteiger charge is 2.28. The summed E-state index contributed by atoms with van der Waals surface area (Å²) in [6.07, 6.45) is 1.97. The van der Waals surface area contributed by atoms with Crippen LogP contribution < -0.4 is 14.9 Å². The Morgan fingerprint density at radius 1 is 1.33 bits per heavy atom. The highest BCUT2D eigenvalue weighted by molar-refractivity contribution is 6.33. The van der Waals surface area contributed by atoms with Crippen molar-refractivity contribution < 1.29 is 19.4 Å². The van der Waals surface area contributed by atoms with E-state index in [-0.39, 0.29) is 11.6 Å². The summed E-state index contributed by atoms with van der Waals surface area (Å²) in [4.78, 5) is 23.4. The van der Waals surface area contributed by atoms with E-state index in [0.717, 1.165) is 11.1 Å². The highest BCUT2D eigenvalue weighted by Crippen LogP contribution is 2.46. The summed E-state index contributed by atoms with van der Waals surface area (Å²) in [7, 11) is 3.02. The zero-order chi connectivity index (χ0) is 17.6. The molecule has 24 heavy (non-hydrogen) atoms.